The average Bonchev–Trinajstić information content (AvgIpc) is 2.32. The maximum Gasteiger partial charge on any atom is 0.306 e. The summed E-state index contributed by atoms with van der Waals surface area (Å²) in [6.45, 7) is 2.18. The van der Waals surface area contributed by atoms with Gasteiger partial charge in [-0.25, -0.2) is 0 Å². The minimum Gasteiger partial charge on any atom is -0.460 e. The van der Waals surface area contributed by atoms with Crippen LogP contribution < -0.4 is 0 Å². The quantitative estimate of drug-likeness (QED) is 0.551. The Labute approximate surface area is 105 Å². The van der Waals surface area contributed by atoms with Crippen LogP contribution in [0.4, 0.5) is 0 Å². The molecule has 3 heteroatoms. The number of carbonyl (C=O) groups excluding carboxylic acids is 1. The number of ether oxygens (including phenoxy) is 1. The molecule has 0 aromatic rings. The van der Waals surface area contributed by atoms with Crippen LogP contribution in [0.3, 0.4) is 0 Å². The molecule has 2 atom stereocenters. The number of unbranched alkanes of at least 4 members (excludes halogenated alkanes) is 4. The predicted octanol–water partition coefficient (Wildman–Crippen LogP) is 3.19. The topological polar surface area (TPSA) is 46.5 Å². The third kappa shape index (κ3) is 6.06. The maximum atomic E-state index is 11.6. The van der Waals surface area contributed by atoms with Crippen molar-refractivity contribution in [3.63, 3.8) is 0 Å². The third-order valence-electron chi connectivity index (χ3n) is 3.43. The zero-order valence-electron chi connectivity index (χ0n) is 11.0. The second-order valence-electron chi connectivity index (χ2n) is 5.04. The smallest absolute Gasteiger partial charge is 0.306 e. The van der Waals surface area contributed by atoms with Gasteiger partial charge in [-0.05, 0) is 25.7 Å². The third-order valence-corrected chi connectivity index (χ3v) is 3.43. The van der Waals surface area contributed by atoms with E-state index in [-0.39, 0.29) is 12.1 Å². The van der Waals surface area contributed by atoms with E-state index in [1.165, 1.54) is 19.3 Å². The number of aliphatic hydroxyl groups is 1. The highest BCUT2D eigenvalue weighted by molar-refractivity contribution is 5.69. The lowest BCUT2D eigenvalue weighted by Gasteiger charge is -2.27. The summed E-state index contributed by atoms with van der Waals surface area (Å²) >= 11 is 0. The molecule has 0 amide bonds. The molecule has 0 bridgehead atoms. The zero-order valence-corrected chi connectivity index (χ0v) is 11.0. The summed E-state index contributed by atoms with van der Waals surface area (Å²) in [6, 6.07) is 0. The molecular weight excluding hydrogens is 216 g/mol. The van der Waals surface area contributed by atoms with Crippen LogP contribution in [0.5, 0.6) is 0 Å². The predicted molar refractivity (Wildman–Crippen MR) is 67.7 cm³/mol. The van der Waals surface area contributed by atoms with Crippen LogP contribution >= 0.6 is 0 Å². The molecule has 100 valence electrons. The van der Waals surface area contributed by atoms with Gasteiger partial charge in [-0.3, -0.25) is 4.79 Å². The first-order valence-corrected chi connectivity index (χ1v) is 7.11. The molecule has 17 heavy (non-hydrogen) atoms. The van der Waals surface area contributed by atoms with Crippen molar-refractivity contribution in [3.05, 3.63) is 0 Å². The molecule has 1 aliphatic carbocycles. The molecule has 0 heterocycles. The molecule has 1 rings (SSSR count). The fourth-order valence-electron chi connectivity index (χ4n) is 2.32. The molecule has 0 aromatic heterocycles. The van der Waals surface area contributed by atoms with Crippen LogP contribution in [0.2, 0.25) is 0 Å². The molecule has 1 fully saturated rings. The molecule has 0 spiro atoms. The molecule has 3 nitrogen and oxygen atoms in total. The van der Waals surface area contributed by atoms with E-state index in [0.29, 0.717) is 6.42 Å². The van der Waals surface area contributed by atoms with Gasteiger partial charge in [0.05, 0.1) is 6.10 Å². The highest BCUT2D eigenvalue weighted by Gasteiger charge is 2.26. The second-order valence-corrected chi connectivity index (χ2v) is 5.04. The molecular formula is C14H26O3. The summed E-state index contributed by atoms with van der Waals surface area (Å²) in [7, 11) is 0. The van der Waals surface area contributed by atoms with Crippen molar-refractivity contribution in [1.82, 2.24) is 0 Å². The summed E-state index contributed by atoms with van der Waals surface area (Å²) < 4.78 is 5.32. The Hall–Kier alpha value is -0.570. The summed E-state index contributed by atoms with van der Waals surface area (Å²) in [4.78, 5) is 11.6. The lowest BCUT2D eigenvalue weighted by atomic mass is 9.95. The van der Waals surface area contributed by atoms with E-state index in [2.05, 4.69) is 6.92 Å². The van der Waals surface area contributed by atoms with Gasteiger partial charge >= 0.3 is 5.97 Å². The first-order valence-electron chi connectivity index (χ1n) is 7.11. The summed E-state index contributed by atoms with van der Waals surface area (Å²) in [5.41, 5.74) is 0. The van der Waals surface area contributed by atoms with Crippen molar-refractivity contribution in [2.24, 2.45) is 0 Å². The van der Waals surface area contributed by atoms with Crippen LogP contribution in [-0.2, 0) is 9.53 Å². The Balaban J connectivity index is 2.07. The van der Waals surface area contributed by atoms with Crippen LogP contribution in [0.15, 0.2) is 0 Å². The maximum absolute atomic E-state index is 11.6. The SMILES string of the molecule is CCCCCCCC(=O)OC1CCCCC1O. The molecule has 0 aliphatic heterocycles. The van der Waals surface area contributed by atoms with Crippen molar-refractivity contribution in [2.45, 2.75) is 83.3 Å². The van der Waals surface area contributed by atoms with Gasteiger partial charge in [0.1, 0.15) is 6.10 Å². The Kier molecular flexibility index (Phi) is 7.25. The van der Waals surface area contributed by atoms with E-state index in [0.717, 1.165) is 38.5 Å². The van der Waals surface area contributed by atoms with Gasteiger partial charge in [0.25, 0.3) is 0 Å². The fraction of sp³-hybridized carbons (Fsp3) is 0.929. The van der Waals surface area contributed by atoms with E-state index >= 15 is 0 Å². The van der Waals surface area contributed by atoms with Crippen molar-refractivity contribution >= 4 is 5.97 Å². The highest BCUT2D eigenvalue weighted by Crippen LogP contribution is 2.21. The van der Waals surface area contributed by atoms with Gasteiger partial charge in [-0.15, -0.1) is 0 Å². The number of hydrogen-bond donors (Lipinski definition) is 1. The summed E-state index contributed by atoms with van der Waals surface area (Å²) in [5, 5.41) is 9.68. The normalized spacial score (nSPS) is 24.6. The minimum atomic E-state index is -0.437. The molecule has 0 saturated heterocycles. The molecule has 1 aliphatic rings. The van der Waals surface area contributed by atoms with E-state index in [9.17, 15) is 9.90 Å². The van der Waals surface area contributed by atoms with E-state index in [4.69, 9.17) is 4.74 Å². The van der Waals surface area contributed by atoms with Crippen LogP contribution in [-0.4, -0.2) is 23.3 Å². The molecule has 2 unspecified atom stereocenters. The standard InChI is InChI=1S/C14H26O3/c1-2-3-4-5-6-11-14(16)17-13-10-8-7-9-12(13)15/h12-13,15H,2-11H2,1H3. The monoisotopic (exact) mass is 242 g/mol. The van der Waals surface area contributed by atoms with E-state index < -0.39 is 6.10 Å². The highest BCUT2D eigenvalue weighted by atomic mass is 16.6. The van der Waals surface area contributed by atoms with Crippen LogP contribution in [0.1, 0.15) is 71.1 Å². The zero-order chi connectivity index (χ0) is 12.5. The molecule has 0 aromatic carbocycles. The van der Waals surface area contributed by atoms with Crippen molar-refractivity contribution in [2.75, 3.05) is 0 Å². The number of rotatable bonds is 7. The number of hydrogen-bond acceptors (Lipinski definition) is 3. The Morgan fingerprint density at radius 3 is 2.59 bits per heavy atom. The van der Waals surface area contributed by atoms with Gasteiger partial charge in [-0.2, -0.15) is 0 Å². The molecule has 0 radical (unpaired) electrons. The van der Waals surface area contributed by atoms with Gasteiger partial charge < -0.3 is 9.84 Å². The van der Waals surface area contributed by atoms with Crippen molar-refractivity contribution < 1.29 is 14.6 Å². The lowest BCUT2D eigenvalue weighted by Crippen LogP contribution is -2.34. The first-order chi connectivity index (χ1) is 8.24. The number of aliphatic hydroxyl groups excluding tert-OH is 1. The largest absolute Gasteiger partial charge is 0.460 e. The van der Waals surface area contributed by atoms with E-state index in [1.54, 1.807) is 0 Å². The number of carbonyl (C=O) groups is 1. The summed E-state index contributed by atoms with van der Waals surface area (Å²) in [5.74, 6) is -0.132. The first kappa shape index (κ1) is 14.5. The van der Waals surface area contributed by atoms with Gasteiger partial charge in [-0.1, -0.05) is 39.0 Å². The van der Waals surface area contributed by atoms with Crippen LogP contribution in [0.25, 0.3) is 0 Å². The molecule has 1 N–H and O–H groups in total. The Bertz CT molecular complexity index is 216. The second kappa shape index (κ2) is 8.51. The van der Waals surface area contributed by atoms with Gasteiger partial charge in [0.15, 0.2) is 0 Å². The molecule has 1 saturated carbocycles. The fourth-order valence-corrected chi connectivity index (χ4v) is 2.32. The van der Waals surface area contributed by atoms with E-state index in [1.807, 2.05) is 0 Å². The summed E-state index contributed by atoms with van der Waals surface area (Å²) in [6.07, 6.45) is 9.23. The van der Waals surface area contributed by atoms with Gasteiger partial charge in [0.2, 0.25) is 0 Å². The van der Waals surface area contributed by atoms with Crippen molar-refractivity contribution in [1.29, 1.82) is 0 Å². The minimum absolute atomic E-state index is 0.132. The Morgan fingerprint density at radius 2 is 1.88 bits per heavy atom. The van der Waals surface area contributed by atoms with Crippen LogP contribution in [0, 0.1) is 0 Å². The van der Waals surface area contributed by atoms with Crippen molar-refractivity contribution in [3.8, 4) is 0 Å². The number of esters is 1. The lowest BCUT2D eigenvalue weighted by molar-refractivity contribution is -0.157. The van der Waals surface area contributed by atoms with Gasteiger partial charge in [0, 0.05) is 6.42 Å². The Morgan fingerprint density at radius 1 is 1.18 bits per heavy atom. The average molecular weight is 242 g/mol.